The predicted molar refractivity (Wildman–Crippen MR) is 139 cm³/mol. The van der Waals surface area contributed by atoms with E-state index in [9.17, 15) is 9.59 Å². The van der Waals surface area contributed by atoms with Gasteiger partial charge in [0.25, 0.3) is 5.91 Å². The second-order valence-electron chi connectivity index (χ2n) is 9.58. The van der Waals surface area contributed by atoms with Gasteiger partial charge in [0.2, 0.25) is 0 Å². The first-order valence-electron chi connectivity index (χ1n) is 11.6. The summed E-state index contributed by atoms with van der Waals surface area (Å²) >= 11 is 1.41. The van der Waals surface area contributed by atoms with Gasteiger partial charge in [0.1, 0.15) is 11.4 Å². The Morgan fingerprint density at radius 3 is 2.31 bits per heavy atom. The van der Waals surface area contributed by atoms with Crippen molar-refractivity contribution in [2.24, 2.45) is 0 Å². The maximum atomic E-state index is 13.5. The van der Waals surface area contributed by atoms with Crippen LogP contribution in [0.4, 0.5) is 21.4 Å². The highest BCUT2D eigenvalue weighted by Gasteiger charge is 2.27. The fourth-order valence-corrected chi connectivity index (χ4v) is 4.44. The summed E-state index contributed by atoms with van der Waals surface area (Å²) in [5.41, 5.74) is 3.01. The Hall–Kier alpha value is -3.46. The number of ether oxygens (including phenoxy) is 1. The highest BCUT2D eigenvalue weighted by Crippen LogP contribution is 2.31. The van der Waals surface area contributed by atoms with Crippen LogP contribution in [-0.2, 0) is 4.74 Å². The van der Waals surface area contributed by atoms with Gasteiger partial charge in [-0.2, -0.15) is 0 Å². The molecule has 1 aromatic carbocycles. The number of nitrogens with zero attached hydrogens (tertiary/aromatic N) is 5. The van der Waals surface area contributed by atoms with Crippen molar-refractivity contribution < 1.29 is 14.3 Å². The standard InChI is InChI=1S/C26H31N5O3S/c1-18-6-8-21(16-19(18)2)31(24-27-10-15-35-24)23(32)20-7-9-22(28-17-20)29-11-13-30(14-12-29)25(33)34-26(3,4)5/h6-10,15-17H,11-14H2,1-5H3. The summed E-state index contributed by atoms with van der Waals surface area (Å²) in [6.07, 6.45) is 3.01. The Bertz CT molecular complexity index is 1180. The van der Waals surface area contributed by atoms with E-state index in [1.54, 1.807) is 28.3 Å². The summed E-state index contributed by atoms with van der Waals surface area (Å²) in [5.74, 6) is 0.592. The Balaban J connectivity index is 1.47. The largest absolute Gasteiger partial charge is 0.444 e. The van der Waals surface area contributed by atoms with E-state index in [2.05, 4.69) is 14.9 Å². The van der Waals surface area contributed by atoms with Gasteiger partial charge in [0.05, 0.1) is 11.3 Å². The minimum absolute atomic E-state index is 0.183. The molecule has 184 valence electrons. The molecule has 8 nitrogen and oxygen atoms in total. The smallest absolute Gasteiger partial charge is 0.410 e. The lowest BCUT2D eigenvalue weighted by Gasteiger charge is -2.36. The lowest BCUT2D eigenvalue weighted by atomic mass is 10.1. The number of pyridine rings is 1. The van der Waals surface area contributed by atoms with Crippen LogP contribution in [-0.4, -0.2) is 58.6 Å². The van der Waals surface area contributed by atoms with Crippen LogP contribution in [0.2, 0.25) is 0 Å². The Morgan fingerprint density at radius 1 is 1.00 bits per heavy atom. The topological polar surface area (TPSA) is 78.9 Å². The number of hydrogen-bond acceptors (Lipinski definition) is 7. The number of piperazine rings is 1. The summed E-state index contributed by atoms with van der Waals surface area (Å²) in [6, 6.07) is 9.61. The van der Waals surface area contributed by atoms with Crippen LogP contribution in [0.15, 0.2) is 48.1 Å². The molecule has 2 aromatic heterocycles. The Kier molecular flexibility index (Phi) is 7.07. The Morgan fingerprint density at radius 2 is 1.74 bits per heavy atom. The number of aromatic nitrogens is 2. The fraction of sp³-hybridized carbons (Fsp3) is 0.385. The SMILES string of the molecule is Cc1ccc(N(C(=O)c2ccc(N3CCN(C(=O)OC(C)(C)C)CC3)nc2)c2nccs2)cc1C. The van der Waals surface area contributed by atoms with Crippen molar-refractivity contribution in [2.75, 3.05) is 36.0 Å². The zero-order valence-corrected chi connectivity index (χ0v) is 21.6. The highest BCUT2D eigenvalue weighted by atomic mass is 32.1. The molecule has 0 saturated carbocycles. The first-order valence-corrected chi connectivity index (χ1v) is 12.5. The van der Waals surface area contributed by atoms with Crippen molar-refractivity contribution in [1.29, 1.82) is 0 Å². The number of thiazole rings is 1. The van der Waals surface area contributed by atoms with Gasteiger partial charge >= 0.3 is 6.09 Å². The quantitative estimate of drug-likeness (QED) is 0.498. The van der Waals surface area contributed by atoms with Gasteiger partial charge in [0.15, 0.2) is 5.13 Å². The molecular formula is C26H31N5O3S. The molecule has 3 aromatic rings. The molecular weight excluding hydrogens is 462 g/mol. The van der Waals surface area contributed by atoms with Crippen LogP contribution < -0.4 is 9.80 Å². The number of hydrogen-bond donors (Lipinski definition) is 0. The van der Waals surface area contributed by atoms with Crippen molar-refractivity contribution in [1.82, 2.24) is 14.9 Å². The van der Waals surface area contributed by atoms with Gasteiger partial charge < -0.3 is 14.5 Å². The third-order valence-corrected chi connectivity index (χ3v) is 6.57. The van der Waals surface area contributed by atoms with Crippen LogP contribution in [0.3, 0.4) is 0 Å². The number of aryl methyl sites for hydroxylation is 2. The maximum Gasteiger partial charge on any atom is 0.410 e. The third kappa shape index (κ3) is 5.79. The molecule has 0 N–H and O–H groups in total. The van der Waals surface area contributed by atoms with Crippen LogP contribution in [0.1, 0.15) is 42.3 Å². The molecule has 2 amide bonds. The van der Waals surface area contributed by atoms with Gasteiger partial charge in [-0.15, -0.1) is 11.3 Å². The van der Waals surface area contributed by atoms with E-state index in [4.69, 9.17) is 4.74 Å². The molecule has 0 unspecified atom stereocenters. The molecule has 3 heterocycles. The second-order valence-corrected chi connectivity index (χ2v) is 10.5. The molecule has 1 aliphatic heterocycles. The van der Waals surface area contributed by atoms with Crippen molar-refractivity contribution in [3.63, 3.8) is 0 Å². The van der Waals surface area contributed by atoms with Gasteiger partial charge in [-0.05, 0) is 70.0 Å². The van der Waals surface area contributed by atoms with E-state index < -0.39 is 5.60 Å². The van der Waals surface area contributed by atoms with Crippen LogP contribution in [0, 0.1) is 13.8 Å². The molecule has 0 aliphatic carbocycles. The van der Waals surface area contributed by atoms with Crippen LogP contribution in [0.25, 0.3) is 0 Å². The minimum Gasteiger partial charge on any atom is -0.444 e. The predicted octanol–water partition coefficient (Wildman–Crippen LogP) is 5.19. The van der Waals surface area contributed by atoms with Crippen LogP contribution >= 0.6 is 11.3 Å². The first kappa shape index (κ1) is 24.7. The van der Waals surface area contributed by atoms with E-state index in [1.807, 2.05) is 64.3 Å². The molecule has 0 radical (unpaired) electrons. The number of amides is 2. The minimum atomic E-state index is -0.512. The molecule has 9 heteroatoms. The van der Waals surface area contributed by atoms with E-state index in [0.29, 0.717) is 36.9 Å². The van der Waals surface area contributed by atoms with E-state index in [-0.39, 0.29) is 12.0 Å². The maximum absolute atomic E-state index is 13.5. The fourth-order valence-electron chi connectivity index (χ4n) is 3.78. The molecule has 0 spiro atoms. The van der Waals surface area contributed by atoms with Gasteiger partial charge in [-0.25, -0.2) is 14.8 Å². The zero-order valence-electron chi connectivity index (χ0n) is 20.8. The Labute approximate surface area is 210 Å². The third-order valence-electron chi connectivity index (χ3n) is 5.81. The molecule has 1 saturated heterocycles. The first-order chi connectivity index (χ1) is 16.6. The van der Waals surface area contributed by atoms with Crippen LogP contribution in [0.5, 0.6) is 0 Å². The van der Waals surface area contributed by atoms with Crippen molar-refractivity contribution in [3.05, 3.63) is 64.8 Å². The molecule has 0 bridgehead atoms. The average molecular weight is 494 g/mol. The molecule has 35 heavy (non-hydrogen) atoms. The summed E-state index contributed by atoms with van der Waals surface area (Å²) in [7, 11) is 0. The number of anilines is 3. The summed E-state index contributed by atoms with van der Waals surface area (Å²) in [5, 5.41) is 2.47. The molecule has 0 atom stereocenters. The number of rotatable bonds is 4. The number of benzene rings is 1. The second kappa shape index (κ2) is 10.0. The van der Waals surface area contributed by atoms with E-state index >= 15 is 0 Å². The van der Waals surface area contributed by atoms with Crippen molar-refractivity contribution in [3.8, 4) is 0 Å². The molecule has 1 aliphatic rings. The lowest BCUT2D eigenvalue weighted by molar-refractivity contribution is 0.0240. The lowest BCUT2D eigenvalue weighted by Crippen LogP contribution is -2.50. The number of carbonyl (C=O) groups excluding carboxylic acids is 2. The highest BCUT2D eigenvalue weighted by molar-refractivity contribution is 7.13. The summed E-state index contributed by atoms with van der Waals surface area (Å²) in [4.78, 5) is 40.3. The van der Waals surface area contributed by atoms with E-state index in [0.717, 1.165) is 22.6 Å². The summed E-state index contributed by atoms with van der Waals surface area (Å²) in [6.45, 7) is 12.1. The van der Waals surface area contributed by atoms with Crippen molar-refractivity contribution in [2.45, 2.75) is 40.2 Å². The molecule has 1 fully saturated rings. The number of carbonyl (C=O) groups is 2. The van der Waals surface area contributed by atoms with E-state index in [1.165, 1.54) is 11.3 Å². The average Bonchev–Trinajstić information content (AvgIpc) is 3.35. The normalized spacial score (nSPS) is 14.1. The summed E-state index contributed by atoms with van der Waals surface area (Å²) < 4.78 is 5.47. The van der Waals surface area contributed by atoms with Gasteiger partial charge in [-0.1, -0.05) is 6.07 Å². The van der Waals surface area contributed by atoms with Gasteiger partial charge in [-0.3, -0.25) is 9.69 Å². The monoisotopic (exact) mass is 493 g/mol. The zero-order chi connectivity index (χ0) is 25.2. The molecule has 4 rings (SSSR count). The van der Waals surface area contributed by atoms with Gasteiger partial charge in [0, 0.05) is 44.0 Å². The van der Waals surface area contributed by atoms with Crippen molar-refractivity contribution >= 4 is 40.0 Å².